The van der Waals surface area contributed by atoms with Gasteiger partial charge in [0.1, 0.15) is 0 Å². The van der Waals surface area contributed by atoms with Crippen LogP contribution in [0.15, 0.2) is 54.6 Å². The monoisotopic (exact) mass is 292 g/mol. The Labute approximate surface area is 130 Å². The summed E-state index contributed by atoms with van der Waals surface area (Å²) in [6.07, 6.45) is 0. The number of rotatable bonds is 2. The molecule has 0 unspecified atom stereocenters. The lowest BCUT2D eigenvalue weighted by molar-refractivity contribution is 0.102. The van der Waals surface area contributed by atoms with Gasteiger partial charge in [-0.05, 0) is 36.4 Å². The first kappa shape index (κ1) is 14.4. The van der Waals surface area contributed by atoms with E-state index in [-0.39, 0.29) is 11.3 Å². The first-order chi connectivity index (χ1) is 10.4. The lowest BCUT2D eigenvalue weighted by atomic mass is 9.92. The SMILES string of the molecule is CC(C)(C)c1cc2cc(NC(=O)c3ccccc3)ccc2[nH]1. The van der Waals surface area contributed by atoms with Crippen LogP contribution >= 0.6 is 0 Å². The lowest BCUT2D eigenvalue weighted by Gasteiger charge is -2.15. The molecule has 1 aromatic heterocycles. The van der Waals surface area contributed by atoms with Crippen molar-refractivity contribution < 1.29 is 4.79 Å². The molecule has 0 saturated heterocycles. The summed E-state index contributed by atoms with van der Waals surface area (Å²) in [6, 6.07) is 17.3. The number of H-pyrrole nitrogens is 1. The van der Waals surface area contributed by atoms with Crippen molar-refractivity contribution in [1.29, 1.82) is 0 Å². The number of hydrogen-bond donors (Lipinski definition) is 2. The number of hydrogen-bond acceptors (Lipinski definition) is 1. The van der Waals surface area contributed by atoms with Crippen molar-refractivity contribution in [3.63, 3.8) is 0 Å². The second kappa shape index (κ2) is 5.34. The van der Waals surface area contributed by atoms with Gasteiger partial charge in [-0.1, -0.05) is 39.0 Å². The highest BCUT2D eigenvalue weighted by Gasteiger charge is 2.16. The van der Waals surface area contributed by atoms with Crippen molar-refractivity contribution in [3.05, 3.63) is 65.9 Å². The largest absolute Gasteiger partial charge is 0.358 e. The molecule has 1 amide bonds. The smallest absolute Gasteiger partial charge is 0.255 e. The molecule has 112 valence electrons. The normalized spacial score (nSPS) is 11.6. The van der Waals surface area contributed by atoms with Gasteiger partial charge in [0.05, 0.1) is 0 Å². The maximum absolute atomic E-state index is 12.2. The van der Waals surface area contributed by atoms with E-state index >= 15 is 0 Å². The summed E-state index contributed by atoms with van der Waals surface area (Å²) >= 11 is 0. The Morgan fingerprint density at radius 3 is 2.41 bits per heavy atom. The van der Waals surface area contributed by atoms with Crippen molar-refractivity contribution >= 4 is 22.5 Å². The summed E-state index contributed by atoms with van der Waals surface area (Å²) in [5.41, 5.74) is 3.82. The van der Waals surface area contributed by atoms with Crippen LogP contribution in [0, 0.1) is 0 Å². The molecule has 0 aliphatic heterocycles. The molecule has 2 N–H and O–H groups in total. The van der Waals surface area contributed by atoms with E-state index in [0.717, 1.165) is 16.6 Å². The third-order valence-electron chi connectivity index (χ3n) is 3.72. The second-order valence-corrected chi connectivity index (χ2v) is 6.56. The average molecular weight is 292 g/mol. The summed E-state index contributed by atoms with van der Waals surface area (Å²) in [5, 5.41) is 4.05. The molecule has 3 nitrogen and oxygen atoms in total. The van der Waals surface area contributed by atoms with E-state index < -0.39 is 0 Å². The first-order valence-corrected chi connectivity index (χ1v) is 7.43. The van der Waals surface area contributed by atoms with Crippen LogP contribution in [0.4, 0.5) is 5.69 Å². The number of amides is 1. The molecule has 22 heavy (non-hydrogen) atoms. The van der Waals surface area contributed by atoms with Gasteiger partial charge in [-0.15, -0.1) is 0 Å². The molecule has 0 bridgehead atoms. The molecule has 0 radical (unpaired) electrons. The number of nitrogens with one attached hydrogen (secondary N) is 2. The average Bonchev–Trinajstić information content (AvgIpc) is 2.91. The van der Waals surface area contributed by atoms with Crippen LogP contribution in [0.1, 0.15) is 36.8 Å². The number of carbonyl (C=O) groups excluding carboxylic acids is 1. The predicted octanol–water partition coefficient (Wildman–Crippen LogP) is 4.72. The number of aromatic amines is 1. The fraction of sp³-hybridized carbons (Fsp3) is 0.211. The van der Waals surface area contributed by atoms with E-state index in [1.54, 1.807) is 0 Å². The van der Waals surface area contributed by atoms with Crippen molar-refractivity contribution in [1.82, 2.24) is 4.98 Å². The minimum atomic E-state index is -0.0912. The van der Waals surface area contributed by atoms with Gasteiger partial charge < -0.3 is 10.3 Å². The zero-order chi connectivity index (χ0) is 15.7. The standard InChI is InChI=1S/C19H20N2O/c1-19(2,3)17-12-14-11-15(9-10-16(14)21-17)20-18(22)13-7-5-4-6-8-13/h4-12,21H,1-3H3,(H,20,22). The minimum absolute atomic E-state index is 0.0759. The van der Waals surface area contributed by atoms with Gasteiger partial charge in [-0.2, -0.15) is 0 Å². The Morgan fingerprint density at radius 2 is 1.73 bits per heavy atom. The molecule has 0 atom stereocenters. The van der Waals surface area contributed by atoms with Crippen LogP contribution in [0.2, 0.25) is 0 Å². The molecular weight excluding hydrogens is 272 g/mol. The highest BCUT2D eigenvalue weighted by atomic mass is 16.1. The minimum Gasteiger partial charge on any atom is -0.358 e. The number of carbonyl (C=O) groups is 1. The Balaban J connectivity index is 1.88. The van der Waals surface area contributed by atoms with Gasteiger partial charge in [0.25, 0.3) is 5.91 Å². The Bertz CT molecular complexity index is 810. The summed E-state index contributed by atoms with van der Waals surface area (Å²) in [4.78, 5) is 15.6. The second-order valence-electron chi connectivity index (χ2n) is 6.56. The molecule has 0 spiro atoms. The van der Waals surface area contributed by atoms with Crippen LogP contribution in [0.25, 0.3) is 10.9 Å². The summed E-state index contributed by atoms with van der Waals surface area (Å²) in [5.74, 6) is -0.0912. The van der Waals surface area contributed by atoms with Crippen LogP contribution in [-0.2, 0) is 5.41 Å². The number of anilines is 1. The molecular formula is C19H20N2O. The van der Waals surface area contributed by atoms with E-state index in [1.165, 1.54) is 5.69 Å². The quantitative estimate of drug-likeness (QED) is 0.705. The molecule has 0 aliphatic rings. The molecule has 3 rings (SSSR count). The van der Waals surface area contributed by atoms with Crippen LogP contribution in [0.5, 0.6) is 0 Å². The molecule has 0 aliphatic carbocycles. The molecule has 0 fully saturated rings. The molecule has 1 heterocycles. The molecule has 2 aromatic carbocycles. The highest BCUT2D eigenvalue weighted by Crippen LogP contribution is 2.27. The lowest BCUT2D eigenvalue weighted by Crippen LogP contribution is -2.11. The predicted molar refractivity (Wildman–Crippen MR) is 91.4 cm³/mol. The van der Waals surface area contributed by atoms with E-state index in [1.807, 2.05) is 48.5 Å². The van der Waals surface area contributed by atoms with Crippen molar-refractivity contribution in [2.45, 2.75) is 26.2 Å². The first-order valence-electron chi connectivity index (χ1n) is 7.43. The third-order valence-corrected chi connectivity index (χ3v) is 3.72. The van der Waals surface area contributed by atoms with Gasteiger partial charge >= 0.3 is 0 Å². The highest BCUT2D eigenvalue weighted by molar-refractivity contribution is 6.05. The maximum atomic E-state index is 12.2. The summed E-state index contributed by atoms with van der Waals surface area (Å²) in [6.45, 7) is 6.53. The van der Waals surface area contributed by atoms with Crippen molar-refractivity contribution in [2.75, 3.05) is 5.32 Å². The molecule has 3 aromatic rings. The van der Waals surface area contributed by atoms with E-state index in [2.05, 4.69) is 37.1 Å². The third kappa shape index (κ3) is 2.89. The van der Waals surface area contributed by atoms with Crippen LogP contribution < -0.4 is 5.32 Å². The number of fused-ring (bicyclic) bond motifs is 1. The van der Waals surface area contributed by atoms with Crippen LogP contribution in [0.3, 0.4) is 0 Å². The van der Waals surface area contributed by atoms with Crippen molar-refractivity contribution in [3.8, 4) is 0 Å². The summed E-state index contributed by atoms with van der Waals surface area (Å²) < 4.78 is 0. The Morgan fingerprint density at radius 1 is 1.00 bits per heavy atom. The zero-order valence-corrected chi connectivity index (χ0v) is 13.1. The Kier molecular flexibility index (Phi) is 3.49. The van der Waals surface area contributed by atoms with Crippen LogP contribution in [-0.4, -0.2) is 10.9 Å². The van der Waals surface area contributed by atoms with Gasteiger partial charge in [0, 0.05) is 33.3 Å². The van der Waals surface area contributed by atoms with Gasteiger partial charge in [-0.3, -0.25) is 4.79 Å². The number of aromatic nitrogens is 1. The topological polar surface area (TPSA) is 44.9 Å². The van der Waals surface area contributed by atoms with Gasteiger partial charge in [-0.25, -0.2) is 0 Å². The van der Waals surface area contributed by atoms with Gasteiger partial charge in [0.2, 0.25) is 0 Å². The van der Waals surface area contributed by atoms with Crippen molar-refractivity contribution in [2.24, 2.45) is 0 Å². The van der Waals surface area contributed by atoms with E-state index in [4.69, 9.17) is 0 Å². The maximum Gasteiger partial charge on any atom is 0.255 e. The molecule has 3 heteroatoms. The van der Waals surface area contributed by atoms with Gasteiger partial charge in [0.15, 0.2) is 0 Å². The fourth-order valence-electron chi connectivity index (χ4n) is 2.41. The Hall–Kier alpha value is -2.55. The number of benzene rings is 2. The fourth-order valence-corrected chi connectivity index (χ4v) is 2.41. The molecule has 0 saturated carbocycles. The van der Waals surface area contributed by atoms with E-state index in [9.17, 15) is 4.79 Å². The van der Waals surface area contributed by atoms with E-state index in [0.29, 0.717) is 5.56 Å². The zero-order valence-electron chi connectivity index (χ0n) is 13.1. The summed E-state index contributed by atoms with van der Waals surface area (Å²) in [7, 11) is 0.